The van der Waals surface area contributed by atoms with Gasteiger partial charge in [0, 0.05) is 18.2 Å². The molecular formula is C15H14Cl2N4. The molecule has 0 amide bonds. The third-order valence-electron chi connectivity index (χ3n) is 3.63. The first-order valence-electron chi connectivity index (χ1n) is 6.40. The van der Waals surface area contributed by atoms with E-state index in [0.717, 1.165) is 22.4 Å². The maximum Gasteiger partial charge on any atom is 0.197 e. The SMILES string of the molecule is CN1C(N)=Nc2cc(-c3cccc(Cl)c3Cl)ccc2C1N. The summed E-state index contributed by atoms with van der Waals surface area (Å²) < 4.78 is 0. The molecule has 1 unspecified atom stereocenters. The number of fused-ring (bicyclic) bond motifs is 1. The van der Waals surface area contributed by atoms with Crippen LogP contribution in [0, 0.1) is 0 Å². The van der Waals surface area contributed by atoms with Crippen molar-refractivity contribution < 1.29 is 0 Å². The number of guanidine groups is 1. The van der Waals surface area contributed by atoms with Gasteiger partial charge < -0.3 is 16.4 Å². The molecule has 0 radical (unpaired) electrons. The van der Waals surface area contributed by atoms with Crippen molar-refractivity contribution in [3.63, 3.8) is 0 Å². The summed E-state index contributed by atoms with van der Waals surface area (Å²) in [6.45, 7) is 0. The monoisotopic (exact) mass is 320 g/mol. The third-order valence-corrected chi connectivity index (χ3v) is 4.44. The standard InChI is InChI=1S/C15H14Cl2N4/c1-21-14(18)10-6-5-8(7-12(10)20-15(21)19)9-3-2-4-11(16)13(9)17/h2-7,14H,18H2,1H3,(H2,19,20). The fourth-order valence-electron chi connectivity index (χ4n) is 2.34. The molecule has 1 atom stereocenters. The lowest BCUT2D eigenvalue weighted by Gasteiger charge is -2.31. The highest BCUT2D eigenvalue weighted by atomic mass is 35.5. The van der Waals surface area contributed by atoms with E-state index >= 15 is 0 Å². The van der Waals surface area contributed by atoms with Crippen LogP contribution in [0.3, 0.4) is 0 Å². The molecule has 3 rings (SSSR count). The van der Waals surface area contributed by atoms with Gasteiger partial charge in [0.05, 0.1) is 15.7 Å². The Morgan fingerprint density at radius 3 is 2.71 bits per heavy atom. The van der Waals surface area contributed by atoms with Crippen LogP contribution in [0.15, 0.2) is 41.4 Å². The minimum Gasteiger partial charge on any atom is -0.369 e. The highest BCUT2D eigenvalue weighted by Gasteiger charge is 2.23. The van der Waals surface area contributed by atoms with Crippen LogP contribution in [0.2, 0.25) is 10.0 Å². The van der Waals surface area contributed by atoms with Gasteiger partial charge in [0.15, 0.2) is 5.96 Å². The normalized spacial score (nSPS) is 17.4. The Labute approximate surface area is 133 Å². The molecule has 6 heteroatoms. The molecule has 0 spiro atoms. The molecule has 21 heavy (non-hydrogen) atoms. The van der Waals surface area contributed by atoms with Gasteiger partial charge in [0.25, 0.3) is 0 Å². The summed E-state index contributed by atoms with van der Waals surface area (Å²) in [6.07, 6.45) is -0.304. The van der Waals surface area contributed by atoms with Crippen molar-refractivity contribution in [1.29, 1.82) is 0 Å². The molecule has 4 nitrogen and oxygen atoms in total. The van der Waals surface area contributed by atoms with E-state index in [1.165, 1.54) is 0 Å². The molecule has 0 aliphatic carbocycles. The second kappa shape index (κ2) is 5.22. The first kappa shape index (κ1) is 14.2. The number of benzene rings is 2. The Hall–Kier alpha value is -1.75. The van der Waals surface area contributed by atoms with Crippen LogP contribution < -0.4 is 11.5 Å². The molecule has 2 aromatic carbocycles. The molecule has 108 valence electrons. The topological polar surface area (TPSA) is 67.6 Å². The zero-order chi connectivity index (χ0) is 15.1. The van der Waals surface area contributed by atoms with E-state index in [1.807, 2.05) is 37.4 Å². The van der Waals surface area contributed by atoms with Gasteiger partial charge in [-0.15, -0.1) is 0 Å². The van der Waals surface area contributed by atoms with Crippen LogP contribution in [0.5, 0.6) is 0 Å². The number of halogens is 2. The number of nitrogens with zero attached hydrogens (tertiary/aromatic N) is 2. The van der Waals surface area contributed by atoms with Crippen molar-refractivity contribution in [2.45, 2.75) is 6.17 Å². The fourth-order valence-corrected chi connectivity index (χ4v) is 2.75. The Kier molecular flexibility index (Phi) is 3.53. The second-order valence-electron chi connectivity index (χ2n) is 4.90. The zero-order valence-corrected chi connectivity index (χ0v) is 12.9. The Balaban J connectivity index is 2.14. The Morgan fingerprint density at radius 1 is 1.19 bits per heavy atom. The van der Waals surface area contributed by atoms with Gasteiger partial charge in [0.2, 0.25) is 0 Å². The number of hydrogen-bond donors (Lipinski definition) is 2. The number of rotatable bonds is 1. The Bertz CT molecular complexity index is 742. The van der Waals surface area contributed by atoms with E-state index in [-0.39, 0.29) is 6.17 Å². The summed E-state index contributed by atoms with van der Waals surface area (Å²) >= 11 is 12.3. The molecule has 0 bridgehead atoms. The second-order valence-corrected chi connectivity index (χ2v) is 5.69. The number of nitrogens with two attached hydrogens (primary N) is 2. The third kappa shape index (κ3) is 2.35. The van der Waals surface area contributed by atoms with E-state index < -0.39 is 0 Å². The molecule has 0 saturated carbocycles. The number of hydrogen-bond acceptors (Lipinski definition) is 4. The molecule has 1 heterocycles. The summed E-state index contributed by atoms with van der Waals surface area (Å²) in [5, 5.41) is 1.04. The predicted molar refractivity (Wildman–Crippen MR) is 87.9 cm³/mol. The number of aliphatic imine (C=N–C) groups is 1. The van der Waals surface area contributed by atoms with Gasteiger partial charge >= 0.3 is 0 Å². The smallest absolute Gasteiger partial charge is 0.197 e. The zero-order valence-electron chi connectivity index (χ0n) is 11.3. The molecule has 0 fully saturated rings. The first-order valence-corrected chi connectivity index (χ1v) is 7.15. The minimum absolute atomic E-state index is 0.304. The van der Waals surface area contributed by atoms with Crippen LogP contribution in [-0.2, 0) is 0 Å². The van der Waals surface area contributed by atoms with Crippen LogP contribution >= 0.6 is 23.2 Å². The summed E-state index contributed by atoms with van der Waals surface area (Å²) in [5.41, 5.74) is 15.5. The molecule has 0 aromatic heterocycles. The fraction of sp³-hybridized carbons (Fsp3) is 0.133. The maximum absolute atomic E-state index is 6.27. The van der Waals surface area contributed by atoms with E-state index in [0.29, 0.717) is 16.0 Å². The average Bonchev–Trinajstić information content (AvgIpc) is 2.47. The van der Waals surface area contributed by atoms with Crippen molar-refractivity contribution in [1.82, 2.24) is 4.90 Å². The maximum atomic E-state index is 6.27. The molecule has 1 aliphatic heterocycles. The highest BCUT2D eigenvalue weighted by molar-refractivity contribution is 6.43. The van der Waals surface area contributed by atoms with Crippen molar-refractivity contribution in [2.24, 2.45) is 16.5 Å². The van der Waals surface area contributed by atoms with Crippen molar-refractivity contribution in [2.75, 3.05) is 7.05 Å². The van der Waals surface area contributed by atoms with Gasteiger partial charge in [0.1, 0.15) is 6.17 Å². The molecule has 0 saturated heterocycles. The quantitative estimate of drug-likeness (QED) is 0.844. The summed E-state index contributed by atoms with van der Waals surface area (Å²) in [4.78, 5) is 6.11. The molecule has 2 aromatic rings. The highest BCUT2D eigenvalue weighted by Crippen LogP contribution is 2.38. The Morgan fingerprint density at radius 2 is 1.95 bits per heavy atom. The van der Waals surface area contributed by atoms with E-state index in [1.54, 1.807) is 11.0 Å². The van der Waals surface area contributed by atoms with Crippen molar-refractivity contribution >= 4 is 34.8 Å². The van der Waals surface area contributed by atoms with E-state index in [9.17, 15) is 0 Å². The van der Waals surface area contributed by atoms with Gasteiger partial charge in [-0.05, 0) is 17.7 Å². The molecular weight excluding hydrogens is 307 g/mol. The van der Waals surface area contributed by atoms with Crippen LogP contribution in [0.25, 0.3) is 11.1 Å². The first-order chi connectivity index (χ1) is 9.99. The van der Waals surface area contributed by atoms with Gasteiger partial charge in [-0.25, -0.2) is 4.99 Å². The summed E-state index contributed by atoms with van der Waals surface area (Å²) in [7, 11) is 1.81. The van der Waals surface area contributed by atoms with Gasteiger partial charge in [-0.3, -0.25) is 0 Å². The van der Waals surface area contributed by atoms with Gasteiger partial charge in [-0.1, -0.05) is 47.5 Å². The largest absolute Gasteiger partial charge is 0.369 e. The van der Waals surface area contributed by atoms with E-state index in [2.05, 4.69) is 4.99 Å². The average molecular weight is 321 g/mol. The summed E-state index contributed by atoms with van der Waals surface area (Å²) in [5.74, 6) is 0.393. The van der Waals surface area contributed by atoms with E-state index in [4.69, 9.17) is 34.7 Å². The van der Waals surface area contributed by atoms with Crippen LogP contribution in [-0.4, -0.2) is 17.9 Å². The lowest BCUT2D eigenvalue weighted by molar-refractivity contribution is 0.375. The van der Waals surface area contributed by atoms with Crippen molar-refractivity contribution in [3.8, 4) is 11.1 Å². The van der Waals surface area contributed by atoms with Crippen LogP contribution in [0.1, 0.15) is 11.7 Å². The summed E-state index contributed by atoms with van der Waals surface area (Å²) in [6, 6.07) is 11.4. The molecule has 1 aliphatic rings. The predicted octanol–water partition coefficient (Wildman–Crippen LogP) is 3.51. The minimum atomic E-state index is -0.304. The lowest BCUT2D eigenvalue weighted by atomic mass is 10.00. The lowest BCUT2D eigenvalue weighted by Crippen LogP contribution is -2.42. The van der Waals surface area contributed by atoms with Gasteiger partial charge in [-0.2, -0.15) is 0 Å². The molecule has 4 N–H and O–H groups in total. The van der Waals surface area contributed by atoms with Crippen LogP contribution in [0.4, 0.5) is 5.69 Å². The van der Waals surface area contributed by atoms with Crippen molar-refractivity contribution in [3.05, 3.63) is 52.0 Å².